The van der Waals surface area contributed by atoms with Crippen molar-refractivity contribution in [2.75, 3.05) is 13.1 Å². The number of phenolic OH excluding ortho intramolecular Hbond substituents is 1. The summed E-state index contributed by atoms with van der Waals surface area (Å²) in [6.45, 7) is 4.77. The molecule has 5 nitrogen and oxygen atoms in total. The molecule has 0 aliphatic heterocycles. The highest BCUT2D eigenvalue weighted by atomic mass is 16.7. The van der Waals surface area contributed by atoms with Crippen LogP contribution in [-0.4, -0.2) is 35.0 Å². The van der Waals surface area contributed by atoms with Gasteiger partial charge >= 0.3 is 5.97 Å². The van der Waals surface area contributed by atoms with Gasteiger partial charge in [-0.1, -0.05) is 36.4 Å². The van der Waals surface area contributed by atoms with Gasteiger partial charge in [0.1, 0.15) is 5.75 Å². The molecule has 0 bridgehead atoms. The van der Waals surface area contributed by atoms with Crippen molar-refractivity contribution in [2.45, 2.75) is 13.8 Å². The van der Waals surface area contributed by atoms with Crippen molar-refractivity contribution in [3.63, 3.8) is 0 Å². The Hall–Kier alpha value is -2.66. The third kappa shape index (κ3) is 3.76. The molecule has 0 amide bonds. The van der Waals surface area contributed by atoms with Crippen LogP contribution in [-0.2, 0) is 4.84 Å². The summed E-state index contributed by atoms with van der Waals surface area (Å²) in [5.41, 5.74) is 0.396. The smallest absolute Gasteiger partial charge is 0.357 e. The molecule has 0 saturated carbocycles. The number of carbonyl (C=O) groups excluding carboxylic acids is 2. The standard InChI is InChI=1S/C18H19NO4/c1-3-19(4-2)23-18(22)14-11-8-12-15(20)16(14)17(21)13-9-6-5-7-10-13/h5-12,20H,3-4H2,1-2H3. The Balaban J connectivity index is 2.41. The van der Waals surface area contributed by atoms with Gasteiger partial charge in [0.25, 0.3) is 0 Å². The molecule has 0 aliphatic carbocycles. The predicted octanol–water partition coefficient (Wildman–Crippen LogP) is 3.04. The first-order valence-electron chi connectivity index (χ1n) is 7.47. The Morgan fingerprint density at radius 1 is 1.00 bits per heavy atom. The molecule has 0 saturated heterocycles. The SMILES string of the molecule is CCN(CC)OC(=O)c1cccc(O)c1C(=O)c1ccccc1. The van der Waals surface area contributed by atoms with E-state index in [0.717, 1.165) is 0 Å². The lowest BCUT2D eigenvalue weighted by atomic mass is 9.97. The average Bonchev–Trinajstić information content (AvgIpc) is 2.59. The summed E-state index contributed by atoms with van der Waals surface area (Å²) < 4.78 is 0. The fourth-order valence-corrected chi connectivity index (χ4v) is 2.20. The molecule has 0 heterocycles. The van der Waals surface area contributed by atoms with Crippen LogP contribution in [0.4, 0.5) is 0 Å². The van der Waals surface area contributed by atoms with Gasteiger partial charge < -0.3 is 9.94 Å². The van der Waals surface area contributed by atoms with Crippen molar-refractivity contribution in [2.24, 2.45) is 0 Å². The van der Waals surface area contributed by atoms with E-state index in [2.05, 4.69) is 0 Å². The van der Waals surface area contributed by atoms with Crippen molar-refractivity contribution >= 4 is 11.8 Å². The van der Waals surface area contributed by atoms with Crippen LogP contribution in [0.3, 0.4) is 0 Å². The maximum absolute atomic E-state index is 12.6. The van der Waals surface area contributed by atoms with E-state index in [-0.39, 0.29) is 16.9 Å². The molecule has 0 fully saturated rings. The lowest BCUT2D eigenvalue weighted by Crippen LogP contribution is -2.27. The minimum absolute atomic E-state index is 0.0455. The lowest BCUT2D eigenvalue weighted by molar-refractivity contribution is -0.103. The molecule has 0 aliphatic rings. The lowest BCUT2D eigenvalue weighted by Gasteiger charge is -2.18. The van der Waals surface area contributed by atoms with Crippen molar-refractivity contribution in [1.29, 1.82) is 0 Å². The van der Waals surface area contributed by atoms with E-state index < -0.39 is 11.8 Å². The molecule has 5 heteroatoms. The minimum Gasteiger partial charge on any atom is -0.507 e. The summed E-state index contributed by atoms with van der Waals surface area (Å²) in [7, 11) is 0. The Labute approximate surface area is 135 Å². The summed E-state index contributed by atoms with van der Waals surface area (Å²) in [6, 6.07) is 12.9. The van der Waals surface area contributed by atoms with Crippen molar-refractivity contribution < 1.29 is 19.5 Å². The van der Waals surface area contributed by atoms with Crippen LogP contribution in [0.25, 0.3) is 0 Å². The zero-order valence-electron chi connectivity index (χ0n) is 13.2. The molecule has 0 atom stereocenters. The minimum atomic E-state index is -0.663. The highest BCUT2D eigenvalue weighted by Crippen LogP contribution is 2.25. The zero-order valence-corrected chi connectivity index (χ0v) is 13.2. The van der Waals surface area contributed by atoms with E-state index in [0.29, 0.717) is 18.7 Å². The normalized spacial score (nSPS) is 10.6. The van der Waals surface area contributed by atoms with Crippen molar-refractivity contribution in [1.82, 2.24) is 5.06 Å². The summed E-state index contributed by atoms with van der Waals surface area (Å²) in [4.78, 5) is 30.2. The molecular formula is C18H19NO4. The number of carbonyl (C=O) groups is 2. The van der Waals surface area contributed by atoms with Gasteiger partial charge in [-0.15, -0.1) is 5.06 Å². The first kappa shape index (κ1) is 16.7. The van der Waals surface area contributed by atoms with Gasteiger partial charge in [0, 0.05) is 18.7 Å². The summed E-state index contributed by atoms with van der Waals surface area (Å²) in [5, 5.41) is 11.6. The monoisotopic (exact) mass is 313 g/mol. The number of hydrogen-bond donors (Lipinski definition) is 1. The van der Waals surface area contributed by atoms with Gasteiger partial charge in [0.15, 0.2) is 5.78 Å². The third-order valence-corrected chi connectivity index (χ3v) is 3.44. The number of benzene rings is 2. The van der Waals surface area contributed by atoms with E-state index >= 15 is 0 Å². The second-order valence-corrected chi connectivity index (χ2v) is 4.89. The number of nitrogens with zero attached hydrogens (tertiary/aromatic N) is 1. The molecule has 0 unspecified atom stereocenters. The molecule has 2 aromatic rings. The number of ketones is 1. The van der Waals surface area contributed by atoms with Crippen molar-refractivity contribution in [3.05, 3.63) is 65.2 Å². The highest BCUT2D eigenvalue weighted by molar-refractivity contribution is 6.16. The average molecular weight is 313 g/mol. The van der Waals surface area contributed by atoms with Gasteiger partial charge in [0.2, 0.25) is 0 Å². The highest BCUT2D eigenvalue weighted by Gasteiger charge is 2.24. The largest absolute Gasteiger partial charge is 0.507 e. The second-order valence-electron chi connectivity index (χ2n) is 4.89. The molecular weight excluding hydrogens is 294 g/mol. The van der Waals surface area contributed by atoms with Crippen LogP contribution in [0.5, 0.6) is 5.75 Å². The van der Waals surface area contributed by atoms with Crippen molar-refractivity contribution in [3.8, 4) is 5.75 Å². The van der Waals surface area contributed by atoms with Crippen LogP contribution in [0, 0.1) is 0 Å². The maximum atomic E-state index is 12.6. The Bertz CT molecular complexity index is 693. The van der Waals surface area contributed by atoms with Gasteiger partial charge in [-0.25, -0.2) is 4.79 Å². The molecule has 1 N–H and O–H groups in total. The number of hydrogen-bond acceptors (Lipinski definition) is 5. The molecule has 23 heavy (non-hydrogen) atoms. The maximum Gasteiger partial charge on any atom is 0.357 e. The van der Waals surface area contributed by atoms with Gasteiger partial charge in [-0.05, 0) is 26.0 Å². The van der Waals surface area contributed by atoms with Gasteiger partial charge in [-0.3, -0.25) is 4.79 Å². The first-order valence-corrected chi connectivity index (χ1v) is 7.47. The number of phenols is 1. The Morgan fingerprint density at radius 3 is 2.26 bits per heavy atom. The Morgan fingerprint density at radius 2 is 1.65 bits per heavy atom. The Kier molecular flexibility index (Phi) is 5.49. The molecule has 0 radical (unpaired) electrons. The van der Waals surface area contributed by atoms with E-state index in [4.69, 9.17) is 4.84 Å². The quantitative estimate of drug-likeness (QED) is 0.656. The van der Waals surface area contributed by atoms with Crippen LogP contribution < -0.4 is 0 Å². The number of hydroxylamine groups is 2. The van der Waals surface area contributed by atoms with Crippen LogP contribution in [0.15, 0.2) is 48.5 Å². The van der Waals surface area contributed by atoms with E-state index in [9.17, 15) is 14.7 Å². The fraction of sp³-hybridized carbons (Fsp3) is 0.222. The van der Waals surface area contributed by atoms with E-state index in [1.165, 1.54) is 23.3 Å². The molecule has 2 rings (SSSR count). The number of aromatic hydroxyl groups is 1. The molecule has 0 spiro atoms. The summed E-state index contributed by atoms with van der Waals surface area (Å²) in [6.07, 6.45) is 0. The molecule has 120 valence electrons. The third-order valence-electron chi connectivity index (χ3n) is 3.44. The van der Waals surface area contributed by atoms with E-state index in [1.54, 1.807) is 30.3 Å². The van der Waals surface area contributed by atoms with E-state index in [1.807, 2.05) is 13.8 Å². The second kappa shape index (κ2) is 7.56. The van der Waals surface area contributed by atoms with Gasteiger partial charge in [-0.2, -0.15) is 0 Å². The van der Waals surface area contributed by atoms with Gasteiger partial charge in [0.05, 0.1) is 11.1 Å². The van der Waals surface area contributed by atoms with Crippen LogP contribution in [0.2, 0.25) is 0 Å². The summed E-state index contributed by atoms with van der Waals surface area (Å²) >= 11 is 0. The summed E-state index contributed by atoms with van der Waals surface area (Å²) in [5.74, 6) is -1.33. The fourth-order valence-electron chi connectivity index (χ4n) is 2.20. The van der Waals surface area contributed by atoms with Crippen LogP contribution in [0.1, 0.15) is 40.1 Å². The first-order chi connectivity index (χ1) is 11.1. The zero-order chi connectivity index (χ0) is 16.8. The predicted molar refractivity (Wildman–Crippen MR) is 86.3 cm³/mol. The molecule has 0 aromatic heterocycles. The number of rotatable bonds is 6. The topological polar surface area (TPSA) is 66.8 Å². The van der Waals surface area contributed by atoms with Crippen LogP contribution >= 0.6 is 0 Å². The molecule has 2 aromatic carbocycles.